The van der Waals surface area contributed by atoms with Gasteiger partial charge in [-0.25, -0.2) is 0 Å². The molecule has 1 aromatic heterocycles. The van der Waals surface area contributed by atoms with Gasteiger partial charge in [-0.3, -0.25) is 14.4 Å². The van der Waals surface area contributed by atoms with Crippen LogP contribution in [0.1, 0.15) is 33.9 Å². The molecule has 148 valence electrons. The van der Waals surface area contributed by atoms with Crippen molar-refractivity contribution in [2.45, 2.75) is 13.8 Å². The molecule has 0 unspecified atom stereocenters. The third-order valence-corrected chi connectivity index (χ3v) is 4.95. The number of anilines is 3. The van der Waals surface area contributed by atoms with E-state index >= 15 is 0 Å². The molecule has 3 N–H and O–H groups in total. The maximum atomic E-state index is 12.4. The van der Waals surface area contributed by atoms with E-state index in [4.69, 9.17) is 0 Å². The van der Waals surface area contributed by atoms with Crippen LogP contribution in [0.3, 0.4) is 0 Å². The largest absolute Gasteiger partial charge is 0.326 e. The number of benzene rings is 2. The molecular formula is C22H21N3O3S. The van der Waals surface area contributed by atoms with E-state index in [1.54, 1.807) is 54.6 Å². The van der Waals surface area contributed by atoms with Gasteiger partial charge in [0.15, 0.2) is 0 Å². The maximum Gasteiger partial charge on any atom is 0.265 e. The van der Waals surface area contributed by atoms with E-state index in [0.717, 1.165) is 0 Å². The van der Waals surface area contributed by atoms with Gasteiger partial charge in [0.05, 0.1) is 4.88 Å². The standard InChI is InChI=1S/C22H21N3O3S/c1-14(2)20(26)23-17-9-11-18(12-10-17)24-21(27)15-5-7-16(8-6-15)25-22(28)19-4-3-13-29-19/h3-14H,1-2H3,(H,23,26)(H,24,27)(H,25,28). The van der Waals surface area contributed by atoms with Crippen LogP contribution in [0.2, 0.25) is 0 Å². The molecule has 0 radical (unpaired) electrons. The molecule has 0 spiro atoms. The predicted molar refractivity (Wildman–Crippen MR) is 117 cm³/mol. The van der Waals surface area contributed by atoms with E-state index in [-0.39, 0.29) is 23.6 Å². The van der Waals surface area contributed by atoms with Crippen molar-refractivity contribution < 1.29 is 14.4 Å². The quantitative estimate of drug-likeness (QED) is 0.546. The molecule has 0 fully saturated rings. The highest BCUT2D eigenvalue weighted by Gasteiger charge is 2.10. The fourth-order valence-corrected chi connectivity index (χ4v) is 3.05. The minimum Gasteiger partial charge on any atom is -0.326 e. The van der Waals surface area contributed by atoms with Gasteiger partial charge >= 0.3 is 0 Å². The van der Waals surface area contributed by atoms with Gasteiger partial charge < -0.3 is 16.0 Å². The minimum atomic E-state index is -0.264. The van der Waals surface area contributed by atoms with Crippen molar-refractivity contribution in [2.75, 3.05) is 16.0 Å². The number of amides is 3. The molecule has 7 heteroatoms. The van der Waals surface area contributed by atoms with Gasteiger partial charge in [-0.15, -0.1) is 11.3 Å². The Balaban J connectivity index is 1.58. The lowest BCUT2D eigenvalue weighted by Crippen LogP contribution is -2.17. The molecule has 0 atom stereocenters. The molecule has 0 aliphatic rings. The second-order valence-electron chi connectivity index (χ2n) is 6.68. The summed E-state index contributed by atoms with van der Waals surface area (Å²) in [6.45, 7) is 3.64. The number of thiophene rings is 1. The summed E-state index contributed by atoms with van der Waals surface area (Å²) in [5.74, 6) is -0.609. The molecule has 3 amide bonds. The van der Waals surface area contributed by atoms with E-state index in [0.29, 0.717) is 27.5 Å². The van der Waals surface area contributed by atoms with Crippen molar-refractivity contribution in [2.24, 2.45) is 5.92 Å². The molecule has 6 nitrogen and oxygen atoms in total. The van der Waals surface area contributed by atoms with Crippen molar-refractivity contribution in [1.82, 2.24) is 0 Å². The summed E-state index contributed by atoms with van der Waals surface area (Å²) >= 11 is 1.37. The van der Waals surface area contributed by atoms with Gasteiger partial charge in [0.25, 0.3) is 11.8 Å². The Hall–Kier alpha value is -3.45. The Labute approximate surface area is 173 Å². The molecule has 1 heterocycles. The first-order valence-electron chi connectivity index (χ1n) is 9.09. The normalized spacial score (nSPS) is 10.4. The van der Waals surface area contributed by atoms with Gasteiger partial charge in [-0.05, 0) is 60.0 Å². The predicted octanol–water partition coefficient (Wildman–Crippen LogP) is 4.85. The molecular weight excluding hydrogens is 386 g/mol. The van der Waals surface area contributed by atoms with Crippen LogP contribution in [-0.2, 0) is 4.79 Å². The molecule has 0 aliphatic heterocycles. The summed E-state index contributed by atoms with van der Waals surface area (Å²) in [7, 11) is 0. The van der Waals surface area contributed by atoms with E-state index in [9.17, 15) is 14.4 Å². The summed E-state index contributed by atoms with van der Waals surface area (Å²) in [6.07, 6.45) is 0. The van der Waals surface area contributed by atoms with Crippen LogP contribution in [-0.4, -0.2) is 17.7 Å². The lowest BCUT2D eigenvalue weighted by atomic mass is 10.1. The maximum absolute atomic E-state index is 12.4. The van der Waals surface area contributed by atoms with Gasteiger partial charge in [0.2, 0.25) is 5.91 Å². The van der Waals surface area contributed by atoms with Gasteiger partial charge in [-0.2, -0.15) is 0 Å². The van der Waals surface area contributed by atoms with Crippen LogP contribution in [0, 0.1) is 5.92 Å². The summed E-state index contributed by atoms with van der Waals surface area (Å²) in [5, 5.41) is 10.2. The van der Waals surface area contributed by atoms with E-state index < -0.39 is 0 Å². The second kappa shape index (κ2) is 9.16. The molecule has 0 saturated carbocycles. The van der Waals surface area contributed by atoms with Crippen molar-refractivity contribution in [1.29, 1.82) is 0 Å². The first-order valence-corrected chi connectivity index (χ1v) is 9.97. The average Bonchev–Trinajstić information content (AvgIpc) is 3.25. The highest BCUT2D eigenvalue weighted by atomic mass is 32.1. The molecule has 29 heavy (non-hydrogen) atoms. The SMILES string of the molecule is CC(C)C(=O)Nc1ccc(NC(=O)c2ccc(NC(=O)c3cccs3)cc2)cc1. The highest BCUT2D eigenvalue weighted by Crippen LogP contribution is 2.17. The molecule has 2 aromatic carbocycles. The van der Waals surface area contributed by atoms with Crippen LogP contribution in [0.5, 0.6) is 0 Å². The zero-order valence-electron chi connectivity index (χ0n) is 16.1. The summed E-state index contributed by atoms with van der Waals surface area (Å²) < 4.78 is 0. The van der Waals surface area contributed by atoms with E-state index in [1.165, 1.54) is 11.3 Å². The molecule has 3 aromatic rings. The van der Waals surface area contributed by atoms with Gasteiger partial charge in [-0.1, -0.05) is 19.9 Å². The lowest BCUT2D eigenvalue weighted by Gasteiger charge is -2.10. The Morgan fingerprint density at radius 3 is 1.76 bits per heavy atom. The fraction of sp³-hybridized carbons (Fsp3) is 0.136. The molecule has 0 aliphatic carbocycles. The minimum absolute atomic E-state index is 0.0620. The number of carbonyl (C=O) groups is 3. The van der Waals surface area contributed by atoms with Crippen molar-refractivity contribution in [3.8, 4) is 0 Å². The average molecular weight is 407 g/mol. The van der Waals surface area contributed by atoms with Crippen LogP contribution in [0.15, 0.2) is 66.0 Å². The Morgan fingerprint density at radius 2 is 1.24 bits per heavy atom. The first-order chi connectivity index (χ1) is 13.9. The number of nitrogens with one attached hydrogen (secondary N) is 3. The van der Waals surface area contributed by atoms with Crippen LogP contribution < -0.4 is 16.0 Å². The summed E-state index contributed by atoms with van der Waals surface area (Å²) in [4.78, 5) is 36.8. The van der Waals surface area contributed by atoms with E-state index in [2.05, 4.69) is 16.0 Å². The number of carbonyl (C=O) groups excluding carboxylic acids is 3. The zero-order valence-corrected chi connectivity index (χ0v) is 16.9. The van der Waals surface area contributed by atoms with Crippen molar-refractivity contribution in [3.05, 3.63) is 76.5 Å². The third kappa shape index (κ3) is 5.52. The lowest BCUT2D eigenvalue weighted by molar-refractivity contribution is -0.118. The Bertz CT molecular complexity index is 995. The first kappa shape index (κ1) is 20.3. The van der Waals surface area contributed by atoms with E-state index in [1.807, 2.05) is 25.3 Å². The van der Waals surface area contributed by atoms with Crippen molar-refractivity contribution in [3.63, 3.8) is 0 Å². The smallest absolute Gasteiger partial charge is 0.265 e. The number of hydrogen-bond donors (Lipinski definition) is 3. The fourth-order valence-electron chi connectivity index (χ4n) is 2.43. The molecule has 0 bridgehead atoms. The third-order valence-electron chi connectivity index (χ3n) is 4.08. The summed E-state index contributed by atoms with van der Waals surface area (Å²) in [6, 6.07) is 17.2. The molecule has 3 rings (SSSR count). The summed E-state index contributed by atoms with van der Waals surface area (Å²) in [5.41, 5.74) is 2.38. The molecule has 0 saturated heterocycles. The Morgan fingerprint density at radius 1 is 0.724 bits per heavy atom. The van der Waals surface area contributed by atoms with Crippen LogP contribution in [0.4, 0.5) is 17.1 Å². The monoisotopic (exact) mass is 407 g/mol. The van der Waals surface area contributed by atoms with Crippen LogP contribution in [0.25, 0.3) is 0 Å². The zero-order chi connectivity index (χ0) is 20.8. The highest BCUT2D eigenvalue weighted by molar-refractivity contribution is 7.12. The topological polar surface area (TPSA) is 87.3 Å². The van der Waals surface area contributed by atoms with Gasteiger partial charge in [0.1, 0.15) is 0 Å². The van der Waals surface area contributed by atoms with Crippen molar-refractivity contribution >= 4 is 46.1 Å². The number of rotatable bonds is 6. The Kier molecular flexibility index (Phi) is 6.41. The second-order valence-corrected chi connectivity index (χ2v) is 7.63. The number of hydrogen-bond acceptors (Lipinski definition) is 4. The van der Waals surface area contributed by atoms with Crippen LogP contribution >= 0.6 is 11.3 Å². The van der Waals surface area contributed by atoms with Gasteiger partial charge in [0, 0.05) is 28.5 Å².